The minimum absolute atomic E-state index is 0.253. The van der Waals surface area contributed by atoms with Gasteiger partial charge in [-0.05, 0) is 37.1 Å². The fourth-order valence-electron chi connectivity index (χ4n) is 2.00. The molecule has 0 spiro atoms. The lowest BCUT2D eigenvalue weighted by Crippen LogP contribution is -2.26. The highest BCUT2D eigenvalue weighted by atomic mass is 16.5. The molecular formula is C15H21N3O2. The maximum atomic E-state index is 9.90. The van der Waals surface area contributed by atoms with Gasteiger partial charge in [-0.25, -0.2) is 0 Å². The number of anilines is 1. The van der Waals surface area contributed by atoms with Crippen LogP contribution in [-0.4, -0.2) is 34.1 Å². The van der Waals surface area contributed by atoms with Crippen LogP contribution in [0.5, 0.6) is 5.75 Å². The van der Waals surface area contributed by atoms with Gasteiger partial charge in [0.05, 0.1) is 0 Å². The molecule has 0 aliphatic heterocycles. The van der Waals surface area contributed by atoms with Crippen molar-refractivity contribution in [3.8, 4) is 5.75 Å². The third kappa shape index (κ3) is 4.28. The molecule has 20 heavy (non-hydrogen) atoms. The first kappa shape index (κ1) is 14.4. The van der Waals surface area contributed by atoms with E-state index < -0.39 is 6.10 Å². The summed E-state index contributed by atoms with van der Waals surface area (Å²) < 4.78 is 7.32. The van der Waals surface area contributed by atoms with E-state index in [2.05, 4.69) is 16.5 Å². The second-order valence-corrected chi connectivity index (χ2v) is 5.04. The van der Waals surface area contributed by atoms with Gasteiger partial charge in [0.15, 0.2) is 0 Å². The summed E-state index contributed by atoms with van der Waals surface area (Å²) in [7, 11) is 1.85. The largest absolute Gasteiger partial charge is 0.491 e. The van der Waals surface area contributed by atoms with Crippen molar-refractivity contribution in [1.29, 1.82) is 0 Å². The summed E-state index contributed by atoms with van der Waals surface area (Å²) in [4.78, 5) is 0. The van der Waals surface area contributed by atoms with Crippen molar-refractivity contribution in [3.63, 3.8) is 0 Å². The number of aryl methyl sites for hydroxylation is 3. The number of benzene rings is 1. The lowest BCUT2D eigenvalue weighted by Gasteiger charge is -2.13. The van der Waals surface area contributed by atoms with Gasteiger partial charge in [-0.3, -0.25) is 4.68 Å². The third-order valence-electron chi connectivity index (χ3n) is 2.87. The first-order valence-electron chi connectivity index (χ1n) is 6.65. The van der Waals surface area contributed by atoms with Gasteiger partial charge < -0.3 is 15.2 Å². The van der Waals surface area contributed by atoms with Crippen LogP contribution in [0.4, 0.5) is 5.82 Å². The maximum absolute atomic E-state index is 9.90. The Labute approximate surface area is 119 Å². The average molecular weight is 275 g/mol. The number of aliphatic hydroxyl groups is 1. The fourth-order valence-corrected chi connectivity index (χ4v) is 2.00. The molecule has 0 bridgehead atoms. The Morgan fingerprint density at radius 2 is 2.00 bits per heavy atom. The smallest absolute Gasteiger partial charge is 0.148 e. The second kappa shape index (κ2) is 6.43. The van der Waals surface area contributed by atoms with E-state index in [0.29, 0.717) is 6.54 Å². The summed E-state index contributed by atoms with van der Waals surface area (Å²) >= 11 is 0. The highest BCUT2D eigenvalue weighted by Crippen LogP contribution is 2.16. The van der Waals surface area contributed by atoms with Crippen LogP contribution >= 0.6 is 0 Å². The molecule has 2 rings (SSSR count). The molecule has 0 saturated carbocycles. The average Bonchev–Trinajstić information content (AvgIpc) is 2.79. The molecular weight excluding hydrogens is 254 g/mol. The highest BCUT2D eigenvalue weighted by molar-refractivity contribution is 5.33. The Morgan fingerprint density at radius 3 is 2.60 bits per heavy atom. The van der Waals surface area contributed by atoms with Crippen molar-refractivity contribution in [2.45, 2.75) is 20.0 Å². The molecule has 0 aliphatic rings. The zero-order valence-electron chi connectivity index (χ0n) is 12.1. The zero-order valence-corrected chi connectivity index (χ0v) is 12.1. The summed E-state index contributed by atoms with van der Waals surface area (Å²) in [6, 6.07) is 7.88. The van der Waals surface area contributed by atoms with Crippen LogP contribution in [0.1, 0.15) is 11.1 Å². The molecule has 1 unspecified atom stereocenters. The predicted octanol–water partition coefficient (Wildman–Crippen LogP) is 1.89. The van der Waals surface area contributed by atoms with Crippen molar-refractivity contribution < 1.29 is 9.84 Å². The fraction of sp³-hybridized carbons (Fsp3) is 0.400. The van der Waals surface area contributed by atoms with Crippen molar-refractivity contribution in [3.05, 3.63) is 41.6 Å². The first-order valence-corrected chi connectivity index (χ1v) is 6.65. The predicted molar refractivity (Wildman–Crippen MR) is 79.1 cm³/mol. The summed E-state index contributed by atoms with van der Waals surface area (Å²) in [5, 5.41) is 17.1. The van der Waals surface area contributed by atoms with Gasteiger partial charge in [0, 0.05) is 25.9 Å². The van der Waals surface area contributed by atoms with Crippen LogP contribution < -0.4 is 10.1 Å². The van der Waals surface area contributed by atoms with Crippen LogP contribution in [0, 0.1) is 13.8 Å². The van der Waals surface area contributed by atoms with Crippen LogP contribution in [0.15, 0.2) is 30.5 Å². The molecule has 5 nitrogen and oxygen atoms in total. The monoisotopic (exact) mass is 275 g/mol. The number of nitrogens with one attached hydrogen (secondary N) is 1. The molecule has 1 atom stereocenters. The van der Waals surface area contributed by atoms with Crippen molar-refractivity contribution in [2.24, 2.45) is 7.05 Å². The summed E-state index contributed by atoms with van der Waals surface area (Å²) in [5.74, 6) is 1.54. The van der Waals surface area contributed by atoms with E-state index in [0.717, 1.165) is 22.7 Å². The van der Waals surface area contributed by atoms with Crippen LogP contribution in [0.2, 0.25) is 0 Å². The normalized spacial score (nSPS) is 12.2. The third-order valence-corrected chi connectivity index (χ3v) is 2.87. The van der Waals surface area contributed by atoms with Crippen LogP contribution in [0.3, 0.4) is 0 Å². The van der Waals surface area contributed by atoms with Crippen LogP contribution in [0.25, 0.3) is 0 Å². The summed E-state index contributed by atoms with van der Waals surface area (Å²) in [6.07, 6.45) is 1.26. The molecule has 0 aliphatic carbocycles. The van der Waals surface area contributed by atoms with Gasteiger partial charge >= 0.3 is 0 Å². The SMILES string of the molecule is Cc1cc(C)cc(OCC(O)CNc2ccn(C)n2)c1. The van der Waals surface area contributed by atoms with E-state index in [1.165, 1.54) is 0 Å². The van der Waals surface area contributed by atoms with Gasteiger partial charge in [0.1, 0.15) is 24.3 Å². The number of ether oxygens (including phenoxy) is 1. The van der Waals surface area contributed by atoms with E-state index in [-0.39, 0.29) is 6.61 Å². The number of aromatic nitrogens is 2. The molecule has 5 heteroatoms. The standard InChI is InChI=1S/C15H21N3O2/c1-11-6-12(2)8-14(7-11)20-10-13(19)9-16-15-4-5-18(3)17-15/h4-8,13,19H,9-10H2,1-3H3,(H,16,17). The van der Waals surface area contributed by atoms with Gasteiger partial charge in [-0.1, -0.05) is 6.07 Å². The molecule has 2 N–H and O–H groups in total. The topological polar surface area (TPSA) is 59.3 Å². The van der Waals surface area contributed by atoms with E-state index in [4.69, 9.17) is 4.74 Å². The van der Waals surface area contributed by atoms with Gasteiger partial charge in [0.2, 0.25) is 0 Å². The molecule has 2 aromatic rings. The highest BCUT2D eigenvalue weighted by Gasteiger charge is 2.06. The Bertz CT molecular complexity index is 546. The maximum Gasteiger partial charge on any atom is 0.148 e. The molecule has 1 aromatic heterocycles. The lowest BCUT2D eigenvalue weighted by atomic mass is 10.1. The number of nitrogens with zero attached hydrogens (tertiary/aromatic N) is 2. The quantitative estimate of drug-likeness (QED) is 0.845. The van der Waals surface area contributed by atoms with E-state index >= 15 is 0 Å². The van der Waals surface area contributed by atoms with Crippen molar-refractivity contribution in [2.75, 3.05) is 18.5 Å². The first-order chi connectivity index (χ1) is 9.52. The molecule has 0 fully saturated rings. The van der Waals surface area contributed by atoms with Gasteiger partial charge in [0.25, 0.3) is 0 Å². The molecule has 1 heterocycles. The molecule has 0 amide bonds. The van der Waals surface area contributed by atoms with Gasteiger partial charge in [-0.15, -0.1) is 0 Å². The van der Waals surface area contributed by atoms with Gasteiger partial charge in [-0.2, -0.15) is 5.10 Å². The number of hydrogen-bond donors (Lipinski definition) is 2. The Hall–Kier alpha value is -2.01. The van der Waals surface area contributed by atoms with Crippen molar-refractivity contribution >= 4 is 5.82 Å². The second-order valence-electron chi connectivity index (χ2n) is 5.04. The van der Waals surface area contributed by atoms with E-state index in [1.54, 1.807) is 4.68 Å². The molecule has 0 saturated heterocycles. The molecule has 1 aromatic carbocycles. The number of rotatable bonds is 6. The minimum atomic E-state index is -0.585. The Kier molecular flexibility index (Phi) is 4.63. The van der Waals surface area contributed by atoms with E-state index in [9.17, 15) is 5.11 Å². The van der Waals surface area contributed by atoms with E-state index in [1.807, 2.05) is 45.3 Å². The summed E-state index contributed by atoms with van der Waals surface area (Å²) in [6.45, 7) is 4.71. The Balaban J connectivity index is 1.78. The number of aliphatic hydroxyl groups excluding tert-OH is 1. The summed E-state index contributed by atoms with van der Waals surface area (Å²) in [5.41, 5.74) is 2.31. The Morgan fingerprint density at radius 1 is 1.30 bits per heavy atom. The molecule has 108 valence electrons. The van der Waals surface area contributed by atoms with Crippen LogP contribution in [-0.2, 0) is 7.05 Å². The molecule has 0 radical (unpaired) electrons. The van der Waals surface area contributed by atoms with Crippen molar-refractivity contribution in [1.82, 2.24) is 9.78 Å². The number of hydrogen-bond acceptors (Lipinski definition) is 4. The lowest BCUT2D eigenvalue weighted by molar-refractivity contribution is 0.117. The minimum Gasteiger partial charge on any atom is -0.491 e. The zero-order chi connectivity index (χ0) is 14.5.